The van der Waals surface area contributed by atoms with Crippen LogP contribution in [0.4, 0.5) is 5.95 Å². The SMILES string of the molecule is Cc1ccc2nc(N)n(CCCc3ccccc3)c2n1. The molecule has 20 heavy (non-hydrogen) atoms. The molecule has 0 unspecified atom stereocenters. The fourth-order valence-electron chi connectivity index (χ4n) is 2.42. The molecule has 0 bridgehead atoms. The first-order valence-electron chi connectivity index (χ1n) is 6.87. The van der Waals surface area contributed by atoms with Crippen molar-refractivity contribution in [3.05, 3.63) is 53.7 Å². The summed E-state index contributed by atoms with van der Waals surface area (Å²) >= 11 is 0. The Labute approximate surface area is 118 Å². The predicted molar refractivity (Wildman–Crippen MR) is 81.4 cm³/mol. The van der Waals surface area contributed by atoms with Gasteiger partial charge in [-0.1, -0.05) is 30.3 Å². The smallest absolute Gasteiger partial charge is 0.202 e. The van der Waals surface area contributed by atoms with E-state index in [1.54, 1.807) is 0 Å². The molecule has 2 heterocycles. The number of pyridine rings is 1. The number of fused-ring (bicyclic) bond motifs is 1. The van der Waals surface area contributed by atoms with Crippen LogP contribution in [-0.2, 0) is 13.0 Å². The molecule has 0 aliphatic carbocycles. The molecule has 0 amide bonds. The Balaban J connectivity index is 1.77. The van der Waals surface area contributed by atoms with Crippen LogP contribution in [0.3, 0.4) is 0 Å². The summed E-state index contributed by atoms with van der Waals surface area (Å²) in [5.74, 6) is 0.547. The summed E-state index contributed by atoms with van der Waals surface area (Å²) in [4.78, 5) is 8.90. The number of aromatic nitrogens is 3. The molecule has 0 saturated carbocycles. The van der Waals surface area contributed by atoms with E-state index >= 15 is 0 Å². The minimum Gasteiger partial charge on any atom is -0.369 e. The molecule has 102 valence electrons. The number of imidazole rings is 1. The summed E-state index contributed by atoms with van der Waals surface area (Å²) in [6.45, 7) is 2.82. The maximum absolute atomic E-state index is 5.99. The third kappa shape index (κ3) is 2.50. The minimum absolute atomic E-state index is 0.547. The molecule has 3 rings (SSSR count). The van der Waals surface area contributed by atoms with Gasteiger partial charge in [0.2, 0.25) is 5.95 Å². The van der Waals surface area contributed by atoms with Gasteiger partial charge in [-0.05, 0) is 37.5 Å². The van der Waals surface area contributed by atoms with Crippen molar-refractivity contribution in [3.63, 3.8) is 0 Å². The van der Waals surface area contributed by atoms with E-state index in [-0.39, 0.29) is 0 Å². The number of nitrogen functional groups attached to an aromatic ring is 1. The lowest BCUT2D eigenvalue weighted by Gasteiger charge is -2.06. The zero-order valence-corrected chi connectivity index (χ0v) is 11.6. The van der Waals surface area contributed by atoms with Crippen molar-refractivity contribution < 1.29 is 0 Å². The number of aryl methyl sites for hydroxylation is 3. The highest BCUT2D eigenvalue weighted by molar-refractivity contribution is 5.74. The third-order valence-corrected chi connectivity index (χ3v) is 3.45. The van der Waals surface area contributed by atoms with Gasteiger partial charge in [0, 0.05) is 12.2 Å². The van der Waals surface area contributed by atoms with Crippen molar-refractivity contribution in [2.24, 2.45) is 0 Å². The van der Waals surface area contributed by atoms with Crippen LogP contribution in [-0.4, -0.2) is 14.5 Å². The zero-order valence-electron chi connectivity index (χ0n) is 11.6. The summed E-state index contributed by atoms with van der Waals surface area (Å²) in [5.41, 5.74) is 10.1. The van der Waals surface area contributed by atoms with Crippen molar-refractivity contribution >= 4 is 17.1 Å². The molecule has 0 aliphatic heterocycles. The largest absolute Gasteiger partial charge is 0.369 e. The second-order valence-corrected chi connectivity index (χ2v) is 5.01. The Kier molecular flexibility index (Phi) is 3.37. The van der Waals surface area contributed by atoms with E-state index < -0.39 is 0 Å². The quantitative estimate of drug-likeness (QED) is 0.790. The van der Waals surface area contributed by atoms with Crippen LogP contribution in [0.1, 0.15) is 17.7 Å². The standard InChI is InChI=1S/C16H18N4/c1-12-9-10-14-15(18-12)20(16(17)19-14)11-5-8-13-6-3-2-4-7-13/h2-4,6-7,9-10H,5,8,11H2,1H3,(H2,17,19). The second kappa shape index (κ2) is 5.33. The fourth-order valence-corrected chi connectivity index (χ4v) is 2.42. The molecule has 4 nitrogen and oxygen atoms in total. The number of nitrogens with two attached hydrogens (primary N) is 1. The van der Waals surface area contributed by atoms with Crippen molar-refractivity contribution in [3.8, 4) is 0 Å². The number of nitrogens with zero attached hydrogens (tertiary/aromatic N) is 3. The predicted octanol–water partition coefficient (Wildman–Crippen LogP) is 2.95. The van der Waals surface area contributed by atoms with E-state index in [2.05, 4.69) is 34.2 Å². The van der Waals surface area contributed by atoms with Gasteiger partial charge in [-0.2, -0.15) is 0 Å². The molecular weight excluding hydrogens is 248 g/mol. The number of anilines is 1. The first-order chi connectivity index (χ1) is 9.74. The maximum Gasteiger partial charge on any atom is 0.202 e. The second-order valence-electron chi connectivity index (χ2n) is 5.01. The Morgan fingerprint density at radius 3 is 2.65 bits per heavy atom. The van der Waals surface area contributed by atoms with Gasteiger partial charge >= 0.3 is 0 Å². The van der Waals surface area contributed by atoms with E-state index in [1.807, 2.05) is 29.7 Å². The molecular formula is C16H18N4. The molecule has 0 fully saturated rings. The molecule has 0 atom stereocenters. The molecule has 0 radical (unpaired) electrons. The molecule has 3 aromatic rings. The maximum atomic E-state index is 5.99. The zero-order chi connectivity index (χ0) is 13.9. The summed E-state index contributed by atoms with van der Waals surface area (Å²) < 4.78 is 2.01. The van der Waals surface area contributed by atoms with E-state index in [0.29, 0.717) is 5.95 Å². The van der Waals surface area contributed by atoms with Crippen LogP contribution in [0.15, 0.2) is 42.5 Å². The van der Waals surface area contributed by atoms with Gasteiger partial charge in [0.25, 0.3) is 0 Å². The number of hydrogen-bond donors (Lipinski definition) is 1. The van der Waals surface area contributed by atoms with Gasteiger partial charge in [-0.15, -0.1) is 0 Å². The Bertz CT molecular complexity index is 716. The topological polar surface area (TPSA) is 56.7 Å². The lowest BCUT2D eigenvalue weighted by Crippen LogP contribution is -2.05. The first-order valence-corrected chi connectivity index (χ1v) is 6.87. The van der Waals surface area contributed by atoms with Crippen LogP contribution in [0, 0.1) is 6.92 Å². The van der Waals surface area contributed by atoms with Crippen molar-refractivity contribution in [2.45, 2.75) is 26.3 Å². The first kappa shape index (κ1) is 12.7. The molecule has 2 N–H and O–H groups in total. The van der Waals surface area contributed by atoms with Gasteiger partial charge in [-0.3, -0.25) is 4.57 Å². The summed E-state index contributed by atoms with van der Waals surface area (Å²) in [6.07, 6.45) is 2.06. The molecule has 1 aromatic carbocycles. The Hall–Kier alpha value is -2.36. The van der Waals surface area contributed by atoms with Gasteiger partial charge < -0.3 is 5.73 Å². The van der Waals surface area contributed by atoms with Gasteiger partial charge in [-0.25, -0.2) is 9.97 Å². The minimum atomic E-state index is 0.547. The summed E-state index contributed by atoms with van der Waals surface area (Å²) in [7, 11) is 0. The van der Waals surface area contributed by atoms with Crippen LogP contribution in [0.2, 0.25) is 0 Å². The summed E-state index contributed by atoms with van der Waals surface area (Å²) in [6, 6.07) is 14.4. The third-order valence-electron chi connectivity index (χ3n) is 3.45. The van der Waals surface area contributed by atoms with Crippen molar-refractivity contribution in [1.82, 2.24) is 14.5 Å². The van der Waals surface area contributed by atoms with Crippen LogP contribution >= 0.6 is 0 Å². The number of benzene rings is 1. The van der Waals surface area contributed by atoms with Gasteiger partial charge in [0.15, 0.2) is 5.65 Å². The summed E-state index contributed by atoms with van der Waals surface area (Å²) in [5, 5.41) is 0. The van der Waals surface area contributed by atoms with E-state index in [9.17, 15) is 0 Å². The van der Waals surface area contributed by atoms with Crippen LogP contribution in [0.5, 0.6) is 0 Å². The average molecular weight is 266 g/mol. The highest BCUT2D eigenvalue weighted by Crippen LogP contribution is 2.17. The normalized spacial score (nSPS) is 11.1. The average Bonchev–Trinajstić information content (AvgIpc) is 2.76. The van der Waals surface area contributed by atoms with Crippen molar-refractivity contribution in [2.75, 3.05) is 5.73 Å². The van der Waals surface area contributed by atoms with Crippen LogP contribution in [0.25, 0.3) is 11.2 Å². The van der Waals surface area contributed by atoms with Crippen LogP contribution < -0.4 is 5.73 Å². The molecule has 0 spiro atoms. The molecule has 2 aromatic heterocycles. The van der Waals surface area contributed by atoms with Crippen molar-refractivity contribution in [1.29, 1.82) is 0 Å². The van der Waals surface area contributed by atoms with Gasteiger partial charge in [0.05, 0.1) is 0 Å². The number of hydrogen-bond acceptors (Lipinski definition) is 3. The lowest BCUT2D eigenvalue weighted by molar-refractivity contribution is 0.660. The van der Waals surface area contributed by atoms with E-state index in [4.69, 9.17) is 5.73 Å². The Morgan fingerprint density at radius 1 is 1.05 bits per heavy atom. The Morgan fingerprint density at radius 2 is 1.85 bits per heavy atom. The highest BCUT2D eigenvalue weighted by atomic mass is 15.2. The fraction of sp³-hybridized carbons (Fsp3) is 0.250. The molecule has 0 saturated heterocycles. The van der Waals surface area contributed by atoms with E-state index in [0.717, 1.165) is 36.2 Å². The molecule has 4 heteroatoms. The van der Waals surface area contributed by atoms with Gasteiger partial charge in [0.1, 0.15) is 5.52 Å². The number of rotatable bonds is 4. The van der Waals surface area contributed by atoms with E-state index in [1.165, 1.54) is 5.56 Å². The molecule has 0 aliphatic rings. The lowest BCUT2D eigenvalue weighted by atomic mass is 10.1. The highest BCUT2D eigenvalue weighted by Gasteiger charge is 2.09. The monoisotopic (exact) mass is 266 g/mol.